The lowest BCUT2D eigenvalue weighted by molar-refractivity contribution is -0.140. The second-order valence-corrected chi connectivity index (χ2v) is 8.85. The van der Waals surface area contributed by atoms with Crippen molar-refractivity contribution in [2.45, 2.75) is 72.3 Å². The van der Waals surface area contributed by atoms with Crippen molar-refractivity contribution in [3.8, 4) is 0 Å². The standard InChI is InChI=1S/C20H32O5/c1-12(9-17(22)23)5-7-19(3)13(2)6-8-20(4)15(18(24)25)10-14(21)11-16(19)20/h10,12-14,16,21H,5-9,11H2,1-4H3,(H,22,23)(H,24,25)/t12-,13-,14+,16+,19-,20-/m1/s1. The lowest BCUT2D eigenvalue weighted by atomic mass is 9.46. The van der Waals surface area contributed by atoms with Crippen LogP contribution in [-0.4, -0.2) is 33.4 Å². The van der Waals surface area contributed by atoms with Crippen molar-refractivity contribution in [3.05, 3.63) is 11.6 Å². The molecule has 2 rings (SSSR count). The van der Waals surface area contributed by atoms with E-state index in [-0.39, 0.29) is 23.7 Å². The number of rotatable bonds is 6. The van der Waals surface area contributed by atoms with Crippen LogP contribution in [0.1, 0.15) is 66.2 Å². The molecule has 0 spiro atoms. The van der Waals surface area contributed by atoms with Crippen molar-refractivity contribution in [1.29, 1.82) is 0 Å². The number of aliphatic hydroxyl groups is 1. The first kappa shape index (κ1) is 20.0. The highest BCUT2D eigenvalue weighted by molar-refractivity contribution is 5.88. The Kier molecular flexibility index (Phi) is 5.67. The second-order valence-electron chi connectivity index (χ2n) is 8.85. The summed E-state index contributed by atoms with van der Waals surface area (Å²) in [5, 5.41) is 28.9. The summed E-state index contributed by atoms with van der Waals surface area (Å²) in [6, 6.07) is 0. The molecule has 1 fully saturated rings. The normalized spacial score (nSPS) is 39.2. The Morgan fingerprint density at radius 1 is 1.32 bits per heavy atom. The van der Waals surface area contributed by atoms with E-state index in [1.807, 2.05) is 13.8 Å². The Bertz CT molecular complexity index is 568. The molecule has 1 saturated carbocycles. The number of carbonyl (C=O) groups is 2. The number of aliphatic carboxylic acids is 2. The maximum Gasteiger partial charge on any atom is 0.331 e. The van der Waals surface area contributed by atoms with E-state index in [2.05, 4.69) is 13.8 Å². The van der Waals surface area contributed by atoms with Crippen molar-refractivity contribution >= 4 is 11.9 Å². The van der Waals surface area contributed by atoms with Gasteiger partial charge in [-0.2, -0.15) is 0 Å². The van der Waals surface area contributed by atoms with Crippen molar-refractivity contribution < 1.29 is 24.9 Å². The first-order valence-electron chi connectivity index (χ1n) is 9.36. The molecular formula is C20H32O5. The van der Waals surface area contributed by atoms with Gasteiger partial charge in [0.1, 0.15) is 0 Å². The third kappa shape index (κ3) is 3.76. The van der Waals surface area contributed by atoms with E-state index in [1.54, 1.807) is 0 Å². The van der Waals surface area contributed by atoms with Crippen molar-refractivity contribution in [2.75, 3.05) is 0 Å². The van der Waals surface area contributed by atoms with Gasteiger partial charge < -0.3 is 15.3 Å². The Morgan fingerprint density at radius 2 is 1.96 bits per heavy atom. The van der Waals surface area contributed by atoms with Crippen LogP contribution < -0.4 is 0 Å². The van der Waals surface area contributed by atoms with Gasteiger partial charge in [-0.1, -0.05) is 27.7 Å². The predicted molar refractivity (Wildman–Crippen MR) is 95.1 cm³/mol. The van der Waals surface area contributed by atoms with Crippen LogP contribution in [0.5, 0.6) is 0 Å². The molecule has 0 amide bonds. The topological polar surface area (TPSA) is 94.8 Å². The summed E-state index contributed by atoms with van der Waals surface area (Å²) in [6.07, 6.45) is 5.01. The minimum Gasteiger partial charge on any atom is -0.481 e. The Labute approximate surface area is 150 Å². The van der Waals surface area contributed by atoms with Gasteiger partial charge in [-0.3, -0.25) is 4.79 Å². The van der Waals surface area contributed by atoms with Gasteiger partial charge in [0.25, 0.3) is 0 Å². The number of hydrogen-bond donors (Lipinski definition) is 3. The number of carboxylic acid groups (broad SMARTS) is 2. The van der Waals surface area contributed by atoms with Gasteiger partial charge in [-0.05, 0) is 61.3 Å². The Hall–Kier alpha value is -1.36. The fourth-order valence-electron chi connectivity index (χ4n) is 5.33. The van der Waals surface area contributed by atoms with Crippen LogP contribution in [-0.2, 0) is 9.59 Å². The molecule has 0 unspecified atom stereocenters. The molecule has 0 aromatic carbocycles. The molecule has 142 valence electrons. The molecule has 6 atom stereocenters. The summed E-state index contributed by atoms with van der Waals surface area (Å²) < 4.78 is 0. The van der Waals surface area contributed by atoms with E-state index in [4.69, 9.17) is 5.11 Å². The lowest BCUT2D eigenvalue weighted by Gasteiger charge is -2.58. The largest absolute Gasteiger partial charge is 0.481 e. The number of fused-ring (bicyclic) bond motifs is 1. The molecule has 0 radical (unpaired) electrons. The van der Waals surface area contributed by atoms with Crippen LogP contribution in [0.25, 0.3) is 0 Å². The highest BCUT2D eigenvalue weighted by Gasteiger charge is 2.56. The van der Waals surface area contributed by atoms with Gasteiger partial charge in [0.15, 0.2) is 0 Å². The van der Waals surface area contributed by atoms with Crippen LogP contribution in [0.15, 0.2) is 11.6 Å². The smallest absolute Gasteiger partial charge is 0.331 e. The van der Waals surface area contributed by atoms with E-state index >= 15 is 0 Å². The summed E-state index contributed by atoms with van der Waals surface area (Å²) in [4.78, 5) is 22.7. The first-order valence-corrected chi connectivity index (χ1v) is 9.36. The average molecular weight is 352 g/mol. The summed E-state index contributed by atoms with van der Waals surface area (Å²) in [5.41, 5.74) is -0.175. The summed E-state index contributed by atoms with van der Waals surface area (Å²) in [6.45, 7) is 8.42. The van der Waals surface area contributed by atoms with Gasteiger partial charge in [0.05, 0.1) is 6.10 Å². The number of carboxylic acids is 2. The molecule has 0 bridgehead atoms. The van der Waals surface area contributed by atoms with E-state index in [0.29, 0.717) is 17.9 Å². The van der Waals surface area contributed by atoms with Crippen molar-refractivity contribution in [2.24, 2.45) is 28.6 Å². The lowest BCUT2D eigenvalue weighted by Crippen LogP contribution is -2.53. The van der Waals surface area contributed by atoms with Crippen LogP contribution >= 0.6 is 0 Å². The van der Waals surface area contributed by atoms with Crippen LogP contribution in [0, 0.1) is 28.6 Å². The molecule has 0 heterocycles. The summed E-state index contributed by atoms with van der Waals surface area (Å²) in [5.74, 6) is -1.10. The van der Waals surface area contributed by atoms with Crippen LogP contribution in [0.3, 0.4) is 0 Å². The maximum absolute atomic E-state index is 11.8. The highest BCUT2D eigenvalue weighted by Crippen LogP contribution is 2.62. The molecular weight excluding hydrogens is 320 g/mol. The van der Waals surface area contributed by atoms with Gasteiger partial charge in [0.2, 0.25) is 0 Å². The number of hydrogen-bond acceptors (Lipinski definition) is 3. The number of aliphatic hydroxyl groups excluding tert-OH is 1. The van der Waals surface area contributed by atoms with Gasteiger partial charge in [0, 0.05) is 17.4 Å². The Morgan fingerprint density at radius 3 is 2.52 bits per heavy atom. The fraction of sp³-hybridized carbons (Fsp3) is 0.800. The average Bonchev–Trinajstić information content (AvgIpc) is 2.50. The van der Waals surface area contributed by atoms with E-state index in [9.17, 15) is 19.8 Å². The zero-order valence-electron chi connectivity index (χ0n) is 15.8. The SMILES string of the molecule is C[C@H](CC[C@]1(C)[C@H](C)CC[C@]2(C)C(C(=O)O)=C[C@H](O)C[C@@H]12)CC(=O)O. The molecule has 25 heavy (non-hydrogen) atoms. The van der Waals surface area contributed by atoms with Crippen LogP contribution in [0.2, 0.25) is 0 Å². The molecule has 0 aromatic heterocycles. The molecule has 0 aliphatic heterocycles. The Balaban J connectivity index is 2.29. The van der Waals surface area contributed by atoms with E-state index < -0.39 is 23.5 Å². The molecule has 2 aliphatic carbocycles. The minimum atomic E-state index is -0.928. The van der Waals surface area contributed by atoms with Gasteiger partial charge in [-0.25, -0.2) is 4.79 Å². The predicted octanol–water partition coefficient (Wildman–Crippen LogP) is 3.71. The third-order valence-corrected chi connectivity index (χ3v) is 7.17. The summed E-state index contributed by atoms with van der Waals surface area (Å²) >= 11 is 0. The second kappa shape index (κ2) is 7.10. The van der Waals surface area contributed by atoms with Crippen molar-refractivity contribution in [1.82, 2.24) is 0 Å². The van der Waals surface area contributed by atoms with E-state index in [1.165, 1.54) is 6.08 Å². The molecule has 2 aliphatic rings. The quantitative estimate of drug-likeness (QED) is 0.677. The molecule has 0 saturated heterocycles. The zero-order valence-corrected chi connectivity index (χ0v) is 15.8. The molecule has 3 N–H and O–H groups in total. The maximum atomic E-state index is 11.8. The van der Waals surface area contributed by atoms with Crippen LogP contribution in [0.4, 0.5) is 0 Å². The summed E-state index contributed by atoms with van der Waals surface area (Å²) in [7, 11) is 0. The molecule has 5 heteroatoms. The van der Waals surface area contributed by atoms with Gasteiger partial charge >= 0.3 is 11.9 Å². The third-order valence-electron chi connectivity index (χ3n) is 7.17. The minimum absolute atomic E-state index is 0.0897. The monoisotopic (exact) mass is 352 g/mol. The fourth-order valence-corrected chi connectivity index (χ4v) is 5.33. The zero-order chi connectivity index (χ0) is 19.0. The molecule has 0 aromatic rings. The van der Waals surface area contributed by atoms with Gasteiger partial charge in [-0.15, -0.1) is 0 Å². The first-order chi connectivity index (χ1) is 11.5. The van der Waals surface area contributed by atoms with E-state index in [0.717, 1.165) is 25.7 Å². The van der Waals surface area contributed by atoms with Crippen molar-refractivity contribution in [3.63, 3.8) is 0 Å². The highest BCUT2D eigenvalue weighted by atomic mass is 16.4. The molecule has 5 nitrogen and oxygen atoms in total.